The molecular formula is C22H24N2O5. The molecule has 0 aliphatic carbocycles. The largest absolute Gasteiger partial charge is 0.499 e. The van der Waals surface area contributed by atoms with Gasteiger partial charge in [0.15, 0.2) is 11.5 Å². The van der Waals surface area contributed by atoms with E-state index in [2.05, 4.69) is 10.3 Å². The van der Waals surface area contributed by atoms with Gasteiger partial charge in [0.05, 0.1) is 47.1 Å². The Balaban J connectivity index is 1.72. The number of allylic oxidation sites excluding steroid dienone is 1. The van der Waals surface area contributed by atoms with E-state index < -0.39 is 0 Å². The minimum Gasteiger partial charge on any atom is -0.499 e. The van der Waals surface area contributed by atoms with E-state index in [4.69, 9.17) is 18.9 Å². The van der Waals surface area contributed by atoms with Crippen LogP contribution in [0.5, 0.6) is 17.2 Å². The number of amides is 1. The molecule has 7 heteroatoms. The van der Waals surface area contributed by atoms with Crippen LogP contribution in [0.15, 0.2) is 47.1 Å². The van der Waals surface area contributed by atoms with Gasteiger partial charge in [-0.15, -0.1) is 0 Å². The van der Waals surface area contributed by atoms with E-state index in [1.54, 1.807) is 39.7 Å². The summed E-state index contributed by atoms with van der Waals surface area (Å²) >= 11 is 0. The molecule has 0 saturated heterocycles. The summed E-state index contributed by atoms with van der Waals surface area (Å²) in [5, 5.41) is 2.90. The highest BCUT2D eigenvalue weighted by Gasteiger charge is 2.18. The van der Waals surface area contributed by atoms with Crippen molar-refractivity contribution in [3.05, 3.63) is 53.3 Å². The number of hydrogen-bond acceptors (Lipinski definition) is 6. The summed E-state index contributed by atoms with van der Waals surface area (Å²) in [6.07, 6.45) is 1.92. The minimum atomic E-state index is -0.155. The number of methoxy groups -OCH3 is 4. The van der Waals surface area contributed by atoms with Gasteiger partial charge < -0.3 is 24.3 Å². The molecule has 29 heavy (non-hydrogen) atoms. The lowest BCUT2D eigenvalue weighted by molar-refractivity contribution is -0.120. The SMILES string of the molecule is CO/C(CNC(=O)Cc1cc(OC)c(OC)c(OC)c1)=C1/C=Nc2ccccc21. The van der Waals surface area contributed by atoms with E-state index in [0.717, 1.165) is 22.4 Å². The van der Waals surface area contributed by atoms with Gasteiger partial charge in [0.2, 0.25) is 11.7 Å². The molecule has 0 saturated carbocycles. The summed E-state index contributed by atoms with van der Waals surface area (Å²) < 4.78 is 21.5. The first-order valence-electron chi connectivity index (χ1n) is 9.07. The van der Waals surface area contributed by atoms with E-state index in [9.17, 15) is 4.79 Å². The third kappa shape index (κ3) is 4.34. The zero-order chi connectivity index (χ0) is 20.8. The zero-order valence-corrected chi connectivity index (χ0v) is 16.9. The monoisotopic (exact) mass is 396 g/mol. The molecule has 0 unspecified atom stereocenters. The van der Waals surface area contributed by atoms with E-state index in [1.165, 1.54) is 7.11 Å². The van der Waals surface area contributed by atoms with Crippen LogP contribution >= 0.6 is 0 Å². The van der Waals surface area contributed by atoms with Gasteiger partial charge in [0, 0.05) is 17.4 Å². The molecule has 1 aliphatic heterocycles. The number of fused-ring (bicyclic) bond motifs is 1. The molecule has 2 aromatic carbocycles. The maximum Gasteiger partial charge on any atom is 0.224 e. The highest BCUT2D eigenvalue weighted by Crippen LogP contribution is 2.38. The summed E-state index contributed by atoms with van der Waals surface area (Å²) in [7, 11) is 6.21. The van der Waals surface area contributed by atoms with Gasteiger partial charge >= 0.3 is 0 Å². The van der Waals surface area contributed by atoms with E-state index >= 15 is 0 Å². The Morgan fingerprint density at radius 1 is 1.00 bits per heavy atom. The highest BCUT2D eigenvalue weighted by molar-refractivity contribution is 6.17. The average Bonchev–Trinajstić information content (AvgIpc) is 3.17. The van der Waals surface area contributed by atoms with Gasteiger partial charge in [-0.05, 0) is 23.8 Å². The number of carbonyl (C=O) groups is 1. The topological polar surface area (TPSA) is 78.4 Å². The quantitative estimate of drug-likeness (QED) is 0.694. The van der Waals surface area contributed by atoms with Gasteiger partial charge in [-0.1, -0.05) is 18.2 Å². The number of carbonyl (C=O) groups excluding carboxylic acids is 1. The molecule has 0 atom stereocenters. The number of nitrogens with one attached hydrogen (secondary N) is 1. The Bertz CT molecular complexity index is 940. The third-order valence-corrected chi connectivity index (χ3v) is 4.61. The molecule has 0 spiro atoms. The highest BCUT2D eigenvalue weighted by atomic mass is 16.5. The fourth-order valence-electron chi connectivity index (χ4n) is 3.18. The van der Waals surface area contributed by atoms with Crippen LogP contribution in [0.3, 0.4) is 0 Å². The molecule has 0 radical (unpaired) electrons. The second-order valence-electron chi connectivity index (χ2n) is 6.30. The molecule has 1 aliphatic rings. The number of para-hydroxylation sites is 1. The standard InChI is InChI=1S/C22H24N2O5/c1-26-18-9-14(10-19(27-2)22(18)29-4)11-21(25)24-13-20(28-3)16-12-23-17-8-6-5-7-15(16)17/h5-10,12H,11,13H2,1-4H3,(H,24,25)/b20-16-. The maximum atomic E-state index is 12.5. The molecule has 0 aromatic heterocycles. The lowest BCUT2D eigenvalue weighted by atomic mass is 10.1. The molecule has 3 rings (SSSR count). The summed E-state index contributed by atoms with van der Waals surface area (Å²) in [5.74, 6) is 2.00. The molecular weight excluding hydrogens is 372 g/mol. The summed E-state index contributed by atoms with van der Waals surface area (Å²) in [6.45, 7) is 0.259. The smallest absolute Gasteiger partial charge is 0.224 e. The number of nitrogens with zero attached hydrogens (tertiary/aromatic N) is 1. The van der Waals surface area contributed by atoms with E-state index in [1.807, 2.05) is 24.3 Å². The predicted molar refractivity (Wildman–Crippen MR) is 111 cm³/mol. The van der Waals surface area contributed by atoms with Crippen molar-refractivity contribution in [3.63, 3.8) is 0 Å². The van der Waals surface area contributed by atoms with Crippen molar-refractivity contribution in [3.8, 4) is 17.2 Å². The number of aliphatic imine (C=N–C) groups is 1. The van der Waals surface area contributed by atoms with Crippen LogP contribution in [0.25, 0.3) is 5.57 Å². The van der Waals surface area contributed by atoms with Gasteiger partial charge in [0.25, 0.3) is 0 Å². The number of benzene rings is 2. The first-order valence-corrected chi connectivity index (χ1v) is 9.07. The average molecular weight is 396 g/mol. The zero-order valence-electron chi connectivity index (χ0n) is 16.9. The van der Waals surface area contributed by atoms with Crippen LogP contribution in [-0.4, -0.2) is 47.1 Å². The van der Waals surface area contributed by atoms with Gasteiger partial charge in [-0.2, -0.15) is 0 Å². The lowest BCUT2D eigenvalue weighted by Crippen LogP contribution is -2.28. The molecule has 7 nitrogen and oxygen atoms in total. The second kappa shape index (κ2) is 9.14. The van der Waals surface area contributed by atoms with Crippen molar-refractivity contribution in [2.45, 2.75) is 6.42 Å². The van der Waals surface area contributed by atoms with Gasteiger partial charge in [-0.25, -0.2) is 0 Å². The van der Waals surface area contributed by atoms with Crippen LogP contribution in [0.2, 0.25) is 0 Å². The van der Waals surface area contributed by atoms with Crippen molar-refractivity contribution >= 4 is 23.4 Å². The normalized spacial score (nSPS) is 13.5. The van der Waals surface area contributed by atoms with Crippen LogP contribution in [0.4, 0.5) is 5.69 Å². The fraction of sp³-hybridized carbons (Fsp3) is 0.273. The van der Waals surface area contributed by atoms with Crippen molar-refractivity contribution in [1.29, 1.82) is 0 Å². The predicted octanol–water partition coefficient (Wildman–Crippen LogP) is 3.14. The number of ether oxygens (including phenoxy) is 4. The maximum absolute atomic E-state index is 12.5. The molecule has 1 amide bonds. The van der Waals surface area contributed by atoms with E-state index in [0.29, 0.717) is 23.0 Å². The Morgan fingerprint density at radius 2 is 1.69 bits per heavy atom. The molecule has 1 heterocycles. The second-order valence-corrected chi connectivity index (χ2v) is 6.30. The van der Waals surface area contributed by atoms with Gasteiger partial charge in [0.1, 0.15) is 5.76 Å². The van der Waals surface area contributed by atoms with Crippen LogP contribution in [-0.2, 0) is 16.0 Å². The van der Waals surface area contributed by atoms with Gasteiger partial charge in [-0.3, -0.25) is 9.79 Å². The van der Waals surface area contributed by atoms with Crippen molar-refractivity contribution in [1.82, 2.24) is 5.32 Å². The van der Waals surface area contributed by atoms with Crippen molar-refractivity contribution in [2.24, 2.45) is 4.99 Å². The van der Waals surface area contributed by atoms with Crippen LogP contribution in [0, 0.1) is 0 Å². The summed E-state index contributed by atoms with van der Waals surface area (Å²) in [5.41, 5.74) is 3.50. The lowest BCUT2D eigenvalue weighted by Gasteiger charge is -2.14. The summed E-state index contributed by atoms with van der Waals surface area (Å²) in [6, 6.07) is 11.3. The molecule has 0 fully saturated rings. The Kier molecular flexibility index (Phi) is 6.39. The Labute approximate surface area is 170 Å². The third-order valence-electron chi connectivity index (χ3n) is 4.61. The number of hydrogen-bond donors (Lipinski definition) is 1. The molecule has 152 valence electrons. The Morgan fingerprint density at radius 3 is 2.31 bits per heavy atom. The molecule has 1 N–H and O–H groups in total. The van der Waals surface area contributed by atoms with Crippen LogP contribution < -0.4 is 19.5 Å². The van der Waals surface area contributed by atoms with Crippen molar-refractivity contribution < 1.29 is 23.7 Å². The van der Waals surface area contributed by atoms with E-state index in [-0.39, 0.29) is 18.9 Å². The van der Waals surface area contributed by atoms with Crippen LogP contribution in [0.1, 0.15) is 11.1 Å². The first kappa shape index (κ1) is 20.3. The molecule has 0 bridgehead atoms. The first-order chi connectivity index (χ1) is 14.1. The number of rotatable bonds is 8. The fourth-order valence-corrected chi connectivity index (χ4v) is 3.18. The van der Waals surface area contributed by atoms with Crippen molar-refractivity contribution in [2.75, 3.05) is 35.0 Å². The summed E-state index contributed by atoms with van der Waals surface area (Å²) in [4.78, 5) is 16.9. The Hall–Kier alpha value is -3.48. The molecule has 2 aromatic rings. The minimum absolute atomic E-state index is 0.155.